The number of ether oxygens (including phenoxy) is 2. The first-order valence-corrected chi connectivity index (χ1v) is 11.5. The Hall–Kier alpha value is -2.73. The van der Waals surface area contributed by atoms with Crippen LogP contribution in [0.15, 0.2) is 66.7 Å². The minimum absolute atomic E-state index is 0.365. The molecule has 1 fully saturated rings. The van der Waals surface area contributed by atoms with Gasteiger partial charge in [0.2, 0.25) is 0 Å². The number of benzene rings is 3. The number of rotatable bonds is 8. The minimum Gasteiger partial charge on any atom is -0.493 e. The van der Waals surface area contributed by atoms with Gasteiger partial charge in [0, 0.05) is 16.6 Å². The van der Waals surface area contributed by atoms with Crippen LogP contribution < -0.4 is 9.47 Å². The summed E-state index contributed by atoms with van der Waals surface area (Å²) in [4.78, 5) is 14.0. The van der Waals surface area contributed by atoms with E-state index in [4.69, 9.17) is 32.7 Å². The van der Waals surface area contributed by atoms with Crippen molar-refractivity contribution in [1.82, 2.24) is 4.90 Å². The van der Waals surface area contributed by atoms with Gasteiger partial charge in [-0.05, 0) is 53.8 Å². The monoisotopic (exact) mass is 485 g/mol. The lowest BCUT2D eigenvalue weighted by Gasteiger charge is -2.33. The van der Waals surface area contributed by atoms with Gasteiger partial charge >= 0.3 is 5.97 Å². The van der Waals surface area contributed by atoms with Crippen LogP contribution in [0.4, 0.5) is 0 Å². The molecule has 5 nitrogen and oxygen atoms in total. The molecule has 0 spiro atoms. The normalized spacial score (nSPS) is 17.0. The summed E-state index contributed by atoms with van der Waals surface area (Å²) in [6.07, 6.45) is 1.39. The van der Waals surface area contributed by atoms with Crippen molar-refractivity contribution in [2.75, 3.05) is 13.7 Å². The van der Waals surface area contributed by atoms with E-state index in [-0.39, 0.29) is 6.04 Å². The maximum atomic E-state index is 12.0. The summed E-state index contributed by atoms with van der Waals surface area (Å²) in [7, 11) is 1.59. The minimum atomic E-state index is -0.836. The fraction of sp³-hybridized carbons (Fsp3) is 0.269. The van der Waals surface area contributed by atoms with E-state index in [0.29, 0.717) is 41.1 Å². The van der Waals surface area contributed by atoms with Gasteiger partial charge in [-0.15, -0.1) is 0 Å². The van der Waals surface area contributed by atoms with Gasteiger partial charge in [-0.2, -0.15) is 0 Å². The van der Waals surface area contributed by atoms with Crippen LogP contribution in [0, 0.1) is 0 Å². The summed E-state index contributed by atoms with van der Waals surface area (Å²) in [5, 5.41) is 10.8. The summed E-state index contributed by atoms with van der Waals surface area (Å²) >= 11 is 12.7. The summed E-state index contributed by atoms with van der Waals surface area (Å²) < 4.78 is 11.6. The van der Waals surface area contributed by atoms with E-state index >= 15 is 0 Å². The Balaban J connectivity index is 1.71. The highest BCUT2D eigenvalue weighted by Gasteiger charge is 2.37. The van der Waals surface area contributed by atoms with E-state index in [1.807, 2.05) is 59.5 Å². The smallest absolute Gasteiger partial charge is 0.320 e. The first-order chi connectivity index (χ1) is 16.0. The molecule has 0 saturated carbocycles. The molecule has 1 saturated heterocycles. The average Bonchev–Trinajstić information content (AvgIpc) is 3.30. The van der Waals surface area contributed by atoms with Gasteiger partial charge in [-0.25, -0.2) is 0 Å². The number of aliphatic carboxylic acids is 1. The van der Waals surface area contributed by atoms with E-state index in [9.17, 15) is 9.90 Å². The Morgan fingerprint density at radius 1 is 1.09 bits per heavy atom. The third-order valence-electron chi connectivity index (χ3n) is 5.91. The second-order valence-electron chi connectivity index (χ2n) is 7.99. The predicted molar refractivity (Wildman–Crippen MR) is 129 cm³/mol. The van der Waals surface area contributed by atoms with Crippen molar-refractivity contribution in [3.63, 3.8) is 0 Å². The number of carbonyl (C=O) groups is 1. The molecular weight excluding hydrogens is 461 g/mol. The maximum Gasteiger partial charge on any atom is 0.320 e. The molecule has 172 valence electrons. The fourth-order valence-electron chi connectivity index (χ4n) is 4.35. The molecule has 2 unspecified atom stereocenters. The highest BCUT2D eigenvalue weighted by molar-refractivity contribution is 6.35. The Kier molecular flexibility index (Phi) is 7.43. The lowest BCUT2D eigenvalue weighted by atomic mass is 9.95. The Morgan fingerprint density at radius 3 is 2.58 bits per heavy atom. The zero-order valence-corrected chi connectivity index (χ0v) is 19.7. The van der Waals surface area contributed by atoms with Crippen molar-refractivity contribution in [3.8, 4) is 11.5 Å². The quantitative estimate of drug-likeness (QED) is 0.410. The van der Waals surface area contributed by atoms with E-state index in [1.54, 1.807) is 19.2 Å². The molecule has 3 aromatic carbocycles. The molecule has 1 aliphatic heterocycles. The molecule has 1 aliphatic rings. The SMILES string of the molecule is COc1cc(C(c2ccc(Cl)cc2Cl)N2CCCC2C(=O)O)ccc1OCc1ccccc1. The van der Waals surface area contributed by atoms with Crippen molar-refractivity contribution in [2.45, 2.75) is 31.5 Å². The lowest BCUT2D eigenvalue weighted by Crippen LogP contribution is -2.39. The Bertz CT molecular complexity index is 1120. The zero-order chi connectivity index (χ0) is 23.4. The third-order valence-corrected chi connectivity index (χ3v) is 6.47. The standard InChI is InChI=1S/C26H25Cl2NO4/c1-32-24-14-18(9-12-23(24)33-16-17-6-3-2-4-7-17)25(20-11-10-19(27)15-21(20)28)29-13-5-8-22(29)26(30)31/h2-4,6-7,9-12,14-15,22,25H,5,8,13,16H2,1H3,(H,30,31). The summed E-state index contributed by atoms with van der Waals surface area (Å²) in [5.41, 5.74) is 2.72. The van der Waals surface area contributed by atoms with Crippen molar-refractivity contribution < 1.29 is 19.4 Å². The highest BCUT2D eigenvalue weighted by Crippen LogP contribution is 2.41. The van der Waals surface area contributed by atoms with E-state index in [0.717, 1.165) is 23.1 Å². The van der Waals surface area contributed by atoms with Crippen molar-refractivity contribution in [3.05, 3.63) is 93.5 Å². The number of hydrogen-bond donors (Lipinski definition) is 1. The fourth-order valence-corrected chi connectivity index (χ4v) is 4.86. The molecule has 33 heavy (non-hydrogen) atoms. The van der Waals surface area contributed by atoms with Gasteiger partial charge in [0.15, 0.2) is 11.5 Å². The van der Waals surface area contributed by atoms with Gasteiger partial charge in [0.1, 0.15) is 12.6 Å². The lowest BCUT2D eigenvalue weighted by molar-refractivity contribution is -0.142. The number of likely N-dealkylation sites (tertiary alicyclic amines) is 1. The molecule has 0 aromatic heterocycles. The largest absolute Gasteiger partial charge is 0.493 e. The third kappa shape index (κ3) is 5.27. The second kappa shape index (κ2) is 10.5. The predicted octanol–water partition coefficient (Wildman–Crippen LogP) is 6.22. The van der Waals surface area contributed by atoms with Crippen molar-refractivity contribution >= 4 is 29.2 Å². The molecule has 0 bridgehead atoms. The molecule has 0 radical (unpaired) electrons. The van der Waals surface area contributed by atoms with Crippen LogP contribution in [0.25, 0.3) is 0 Å². The summed E-state index contributed by atoms with van der Waals surface area (Å²) in [5.74, 6) is 0.351. The number of halogens is 2. The molecular formula is C26H25Cl2NO4. The summed E-state index contributed by atoms with van der Waals surface area (Å²) in [6.45, 7) is 1.06. The number of methoxy groups -OCH3 is 1. The van der Waals surface area contributed by atoms with Gasteiger partial charge < -0.3 is 14.6 Å². The maximum absolute atomic E-state index is 12.0. The van der Waals surface area contributed by atoms with Gasteiger partial charge in [0.05, 0.1) is 13.2 Å². The molecule has 2 atom stereocenters. The van der Waals surface area contributed by atoms with Crippen molar-refractivity contribution in [2.24, 2.45) is 0 Å². The van der Waals surface area contributed by atoms with Gasteiger partial charge in [0.25, 0.3) is 0 Å². The molecule has 0 aliphatic carbocycles. The van der Waals surface area contributed by atoms with E-state index < -0.39 is 12.0 Å². The van der Waals surface area contributed by atoms with Crippen LogP contribution in [0.5, 0.6) is 11.5 Å². The first-order valence-electron chi connectivity index (χ1n) is 10.8. The highest BCUT2D eigenvalue weighted by atomic mass is 35.5. The van der Waals surface area contributed by atoms with Crippen LogP contribution in [-0.4, -0.2) is 35.7 Å². The van der Waals surface area contributed by atoms with Crippen LogP contribution in [-0.2, 0) is 11.4 Å². The van der Waals surface area contributed by atoms with E-state index in [1.165, 1.54) is 0 Å². The number of carboxylic acids is 1. The molecule has 1 N–H and O–H groups in total. The summed E-state index contributed by atoms with van der Waals surface area (Å²) in [6, 6.07) is 19.9. The van der Waals surface area contributed by atoms with Crippen LogP contribution >= 0.6 is 23.2 Å². The van der Waals surface area contributed by atoms with Crippen LogP contribution in [0.1, 0.15) is 35.6 Å². The number of nitrogens with zero attached hydrogens (tertiary/aromatic N) is 1. The molecule has 4 rings (SSSR count). The molecule has 1 heterocycles. The van der Waals surface area contributed by atoms with Crippen LogP contribution in [0.2, 0.25) is 10.0 Å². The second-order valence-corrected chi connectivity index (χ2v) is 8.83. The Morgan fingerprint density at radius 2 is 1.88 bits per heavy atom. The average molecular weight is 486 g/mol. The molecule has 0 amide bonds. The van der Waals surface area contributed by atoms with Gasteiger partial charge in [-0.3, -0.25) is 9.69 Å². The molecule has 3 aromatic rings. The first kappa shape index (κ1) is 23.4. The topological polar surface area (TPSA) is 59.0 Å². The van der Waals surface area contributed by atoms with Crippen LogP contribution in [0.3, 0.4) is 0 Å². The van der Waals surface area contributed by atoms with Crippen molar-refractivity contribution in [1.29, 1.82) is 0 Å². The molecule has 7 heteroatoms. The number of carboxylic acid groups (broad SMARTS) is 1. The van der Waals surface area contributed by atoms with E-state index in [2.05, 4.69) is 0 Å². The Labute approximate surface area is 203 Å². The van der Waals surface area contributed by atoms with Gasteiger partial charge in [-0.1, -0.05) is 65.7 Å². The number of hydrogen-bond acceptors (Lipinski definition) is 4. The zero-order valence-electron chi connectivity index (χ0n) is 18.2.